The molecule has 1 aliphatic heterocycles. The highest BCUT2D eigenvalue weighted by molar-refractivity contribution is 5.90. The number of cyclic esters (lactones) is 1. The van der Waals surface area contributed by atoms with Crippen LogP contribution in [0.25, 0.3) is 0 Å². The number of benzene rings is 1. The standard InChI is InChI=1S/C13H17O2.ClHO4/c1-12(2)13(3,4)15-11(14-12)10-8-6-5-7-9-10;2-1(3,4)5/h5-9H,1-4H3;(H,2,3,4,5)/q+1;/p-1. The Morgan fingerprint density at radius 2 is 1.40 bits per heavy atom. The van der Waals surface area contributed by atoms with Gasteiger partial charge in [-0.25, -0.2) is 18.6 Å². The van der Waals surface area contributed by atoms with Crippen LogP contribution in [0.3, 0.4) is 0 Å². The first kappa shape index (κ1) is 16.9. The van der Waals surface area contributed by atoms with E-state index in [1.165, 1.54) is 0 Å². The minimum absolute atomic E-state index is 0.293. The minimum Gasteiger partial charge on any atom is -0.304 e. The first-order valence-electron chi connectivity index (χ1n) is 5.84. The maximum atomic E-state index is 8.49. The van der Waals surface area contributed by atoms with Crippen LogP contribution in [0.2, 0.25) is 0 Å². The van der Waals surface area contributed by atoms with E-state index in [0.717, 1.165) is 5.56 Å². The zero-order valence-corrected chi connectivity index (χ0v) is 12.5. The number of halogens is 1. The van der Waals surface area contributed by atoms with Crippen molar-refractivity contribution in [3.05, 3.63) is 35.9 Å². The molecule has 0 bridgehead atoms. The molecule has 6 nitrogen and oxygen atoms in total. The highest BCUT2D eigenvalue weighted by atomic mass is 35.7. The fourth-order valence-electron chi connectivity index (χ4n) is 1.42. The van der Waals surface area contributed by atoms with Crippen LogP contribution in [-0.4, -0.2) is 17.2 Å². The summed E-state index contributed by atoms with van der Waals surface area (Å²) in [6, 6.07) is 9.93. The summed E-state index contributed by atoms with van der Waals surface area (Å²) in [4.78, 5) is 0. The molecule has 0 saturated carbocycles. The lowest BCUT2D eigenvalue weighted by molar-refractivity contribution is -2.00. The van der Waals surface area contributed by atoms with Gasteiger partial charge in [-0.15, -0.1) is 10.2 Å². The molecule has 0 radical (unpaired) electrons. The molecule has 0 N–H and O–H groups in total. The van der Waals surface area contributed by atoms with E-state index in [1.54, 1.807) is 0 Å². The van der Waals surface area contributed by atoms with Gasteiger partial charge in [-0.3, -0.25) is 0 Å². The fourth-order valence-corrected chi connectivity index (χ4v) is 1.42. The van der Waals surface area contributed by atoms with Crippen molar-refractivity contribution in [2.45, 2.75) is 38.9 Å². The van der Waals surface area contributed by atoms with Gasteiger partial charge in [-0.2, -0.15) is 0 Å². The first-order valence-corrected chi connectivity index (χ1v) is 7.08. The highest BCUT2D eigenvalue weighted by Gasteiger charge is 2.58. The molecule has 112 valence electrons. The molecule has 0 aliphatic carbocycles. The van der Waals surface area contributed by atoms with Gasteiger partial charge in [0.1, 0.15) is 5.56 Å². The van der Waals surface area contributed by atoms with Gasteiger partial charge in [0, 0.05) is 27.7 Å². The summed E-state index contributed by atoms with van der Waals surface area (Å²) in [5.41, 5.74) is 0.409. The molecule has 0 atom stereocenters. The number of hydrogen-bond acceptors (Lipinski definition) is 5. The van der Waals surface area contributed by atoms with Crippen LogP contribution < -0.4 is 18.6 Å². The zero-order chi connectivity index (χ0) is 15.6. The van der Waals surface area contributed by atoms with Crippen molar-refractivity contribution < 1.29 is 38.0 Å². The Bertz CT molecular complexity index is 469. The third-order valence-corrected chi connectivity index (χ3v) is 3.16. The molecule has 0 fully saturated rings. The molecule has 1 aliphatic rings. The topological polar surface area (TPSA) is 113 Å². The number of esters is 1. The van der Waals surface area contributed by atoms with Crippen LogP contribution in [0.5, 0.6) is 0 Å². The molecule has 7 heteroatoms. The minimum atomic E-state index is -4.94. The molecular weight excluding hydrogens is 288 g/mol. The average molecular weight is 305 g/mol. The summed E-state index contributed by atoms with van der Waals surface area (Å²) in [7, 11) is -4.94. The Labute approximate surface area is 119 Å². The molecule has 0 unspecified atom stereocenters. The van der Waals surface area contributed by atoms with E-state index >= 15 is 0 Å². The van der Waals surface area contributed by atoms with Crippen molar-refractivity contribution in [2.75, 3.05) is 0 Å². The van der Waals surface area contributed by atoms with E-state index in [9.17, 15) is 0 Å². The predicted molar refractivity (Wildman–Crippen MR) is 60.0 cm³/mol. The van der Waals surface area contributed by atoms with Crippen LogP contribution >= 0.6 is 0 Å². The van der Waals surface area contributed by atoms with Gasteiger partial charge in [0.05, 0.1) is 0 Å². The Morgan fingerprint density at radius 1 is 0.950 bits per heavy atom. The predicted octanol–water partition coefficient (Wildman–Crippen LogP) is -1.81. The van der Waals surface area contributed by atoms with E-state index in [0.29, 0.717) is 5.97 Å². The molecule has 0 spiro atoms. The molecule has 1 aromatic rings. The lowest BCUT2D eigenvalue weighted by atomic mass is 9.90. The molecule has 2 rings (SSSR count). The molecule has 0 aromatic heterocycles. The second-order valence-electron chi connectivity index (χ2n) is 5.26. The van der Waals surface area contributed by atoms with Crippen LogP contribution in [-0.2, 0) is 4.74 Å². The SMILES string of the molecule is CC1(C)OC(c2ccccc2)=[O+]C1(C)C.[O-][Cl+3]([O-])([O-])[O-]. The lowest BCUT2D eigenvalue weighted by Crippen LogP contribution is -2.68. The molecule has 1 aromatic carbocycles. The van der Waals surface area contributed by atoms with Crippen molar-refractivity contribution in [1.82, 2.24) is 0 Å². The van der Waals surface area contributed by atoms with E-state index < -0.39 is 10.2 Å². The highest BCUT2D eigenvalue weighted by Crippen LogP contribution is 2.35. The van der Waals surface area contributed by atoms with Crippen molar-refractivity contribution in [2.24, 2.45) is 0 Å². The molecule has 0 amide bonds. The molecule has 1 heterocycles. The van der Waals surface area contributed by atoms with Crippen molar-refractivity contribution in [3.8, 4) is 0 Å². The quantitative estimate of drug-likeness (QED) is 0.448. The van der Waals surface area contributed by atoms with Crippen molar-refractivity contribution >= 4 is 5.97 Å². The molecule has 0 saturated heterocycles. The zero-order valence-electron chi connectivity index (χ0n) is 11.7. The van der Waals surface area contributed by atoms with Crippen molar-refractivity contribution in [3.63, 3.8) is 0 Å². The largest absolute Gasteiger partial charge is 0.521 e. The Balaban J connectivity index is 0.000000347. The summed E-state index contributed by atoms with van der Waals surface area (Å²) in [6.07, 6.45) is 0. The van der Waals surface area contributed by atoms with E-state index in [2.05, 4.69) is 0 Å². The lowest BCUT2D eigenvalue weighted by Gasteiger charge is -2.19. The number of rotatable bonds is 1. The van der Waals surface area contributed by atoms with E-state index in [1.807, 2.05) is 58.0 Å². The van der Waals surface area contributed by atoms with E-state index in [-0.39, 0.29) is 11.2 Å². The summed E-state index contributed by atoms with van der Waals surface area (Å²) in [5, 5.41) is 0. The Hall–Kier alpha value is -1.18. The van der Waals surface area contributed by atoms with Crippen LogP contribution in [0.1, 0.15) is 37.7 Å². The maximum Gasteiger partial charge on any atom is 0.521 e. The van der Waals surface area contributed by atoms with Crippen LogP contribution in [0.4, 0.5) is 0 Å². The summed E-state index contributed by atoms with van der Waals surface area (Å²) >= 11 is 0. The van der Waals surface area contributed by atoms with Gasteiger partial charge in [-0.05, 0) is 12.1 Å². The molecular formula is C13H17ClO6. The monoisotopic (exact) mass is 304 g/mol. The first-order chi connectivity index (χ1) is 8.92. The normalized spacial score (nSPS) is 19.5. The second kappa shape index (κ2) is 5.67. The number of hydrogen-bond donors (Lipinski definition) is 0. The van der Waals surface area contributed by atoms with Gasteiger partial charge in [0.2, 0.25) is 0 Å². The van der Waals surface area contributed by atoms with Gasteiger partial charge in [-0.1, -0.05) is 18.2 Å². The fraction of sp³-hybridized carbons (Fsp3) is 0.462. The average Bonchev–Trinajstić information content (AvgIpc) is 2.47. The second-order valence-corrected chi connectivity index (χ2v) is 6.01. The maximum absolute atomic E-state index is 8.49. The van der Waals surface area contributed by atoms with E-state index in [4.69, 9.17) is 27.8 Å². The third kappa shape index (κ3) is 4.73. The smallest absolute Gasteiger partial charge is 0.304 e. The van der Waals surface area contributed by atoms with Crippen LogP contribution in [0, 0.1) is 10.2 Å². The third-order valence-electron chi connectivity index (χ3n) is 3.16. The van der Waals surface area contributed by atoms with Gasteiger partial charge >= 0.3 is 5.97 Å². The summed E-state index contributed by atoms with van der Waals surface area (Å²) in [6.45, 7) is 8.18. The van der Waals surface area contributed by atoms with Crippen molar-refractivity contribution in [1.29, 1.82) is 0 Å². The van der Waals surface area contributed by atoms with Gasteiger partial charge in [0.15, 0.2) is 0 Å². The van der Waals surface area contributed by atoms with Crippen LogP contribution in [0.15, 0.2) is 30.3 Å². The van der Waals surface area contributed by atoms with Gasteiger partial charge in [0.25, 0.3) is 11.2 Å². The van der Waals surface area contributed by atoms with Gasteiger partial charge < -0.3 is 9.16 Å². The number of ether oxygens (including phenoxy) is 1. The Kier molecular flexibility index (Phi) is 4.78. The number of carbonyl (C=O) groups excluding carboxylic acids is 1. The molecule has 20 heavy (non-hydrogen) atoms. The Morgan fingerprint density at radius 3 is 1.75 bits per heavy atom. The summed E-state index contributed by atoms with van der Waals surface area (Å²) < 4.78 is 45.7. The summed E-state index contributed by atoms with van der Waals surface area (Å²) in [5.74, 6) is 0.630.